The van der Waals surface area contributed by atoms with E-state index in [-0.39, 0.29) is 0 Å². The predicted octanol–water partition coefficient (Wildman–Crippen LogP) is 14.2. The molecular formula is C53H33NO. The standard InChI is InChI=1S/C53H33NO/c1-3-14-34(15-4-1)39-29-26-35-16-13-22-44-41-20-8-11-24-47(41)53(52(39)51(35)44)46-23-10-7-19-40(46)42-30-27-38(33-48(42)53)54(36-17-5-2-6-18-36)37-28-31-50-45(32-37)43-21-9-12-25-49(43)55-50/h1-33H. The molecule has 0 aliphatic heterocycles. The number of nitrogens with zero attached hydrogens (tertiary/aromatic N) is 1. The molecule has 2 aliphatic carbocycles. The second kappa shape index (κ2) is 11.4. The van der Waals surface area contributed by atoms with Crippen molar-refractivity contribution in [2.75, 3.05) is 4.90 Å². The van der Waals surface area contributed by atoms with Crippen molar-refractivity contribution in [3.8, 4) is 33.4 Å². The smallest absolute Gasteiger partial charge is 0.135 e. The van der Waals surface area contributed by atoms with Gasteiger partial charge in [-0.2, -0.15) is 0 Å². The monoisotopic (exact) mass is 699 g/mol. The summed E-state index contributed by atoms with van der Waals surface area (Å²) in [4.78, 5) is 2.40. The number of hydrogen-bond acceptors (Lipinski definition) is 2. The lowest BCUT2D eigenvalue weighted by molar-refractivity contribution is 0.669. The maximum atomic E-state index is 6.29. The van der Waals surface area contributed by atoms with E-state index in [1.54, 1.807) is 0 Å². The van der Waals surface area contributed by atoms with Crippen LogP contribution in [0, 0.1) is 0 Å². The molecule has 0 N–H and O–H groups in total. The van der Waals surface area contributed by atoms with Crippen LogP contribution >= 0.6 is 0 Å². The summed E-state index contributed by atoms with van der Waals surface area (Å²) in [5.41, 5.74) is 17.4. The lowest BCUT2D eigenvalue weighted by Gasteiger charge is -2.41. The highest BCUT2D eigenvalue weighted by atomic mass is 16.3. The highest BCUT2D eigenvalue weighted by Gasteiger charge is 2.51. The third-order valence-electron chi connectivity index (χ3n) is 12.0. The third kappa shape index (κ3) is 4.14. The van der Waals surface area contributed by atoms with Gasteiger partial charge in [0.1, 0.15) is 11.2 Å². The van der Waals surface area contributed by atoms with Crippen LogP contribution in [0.1, 0.15) is 22.3 Å². The fourth-order valence-electron chi connectivity index (χ4n) is 9.87. The molecule has 9 aromatic carbocycles. The number of furan rings is 1. The summed E-state index contributed by atoms with van der Waals surface area (Å²) in [6.45, 7) is 0. The number of para-hydroxylation sites is 2. The SMILES string of the molecule is c1ccc(-c2ccc3cccc4c3c2C2(c3ccccc3-c3ccc(N(c5ccccc5)c5ccc6oc7ccccc7c6c5)cc32)c2ccccc2-4)cc1. The van der Waals surface area contributed by atoms with Crippen molar-refractivity contribution < 1.29 is 4.42 Å². The van der Waals surface area contributed by atoms with E-state index in [1.807, 2.05) is 12.1 Å². The molecule has 10 aromatic rings. The molecule has 256 valence electrons. The summed E-state index contributed by atoms with van der Waals surface area (Å²) < 4.78 is 6.29. The zero-order valence-electron chi connectivity index (χ0n) is 29.9. The molecule has 1 aromatic heterocycles. The maximum absolute atomic E-state index is 6.29. The molecule has 0 saturated heterocycles. The van der Waals surface area contributed by atoms with Gasteiger partial charge in [-0.15, -0.1) is 0 Å². The van der Waals surface area contributed by atoms with E-state index in [4.69, 9.17) is 4.42 Å². The zero-order valence-corrected chi connectivity index (χ0v) is 29.9. The summed E-state index contributed by atoms with van der Waals surface area (Å²) in [5.74, 6) is 0. The van der Waals surface area contributed by atoms with E-state index >= 15 is 0 Å². The summed E-state index contributed by atoms with van der Waals surface area (Å²) in [7, 11) is 0. The molecule has 2 aliphatic rings. The third-order valence-corrected chi connectivity index (χ3v) is 12.0. The van der Waals surface area contributed by atoms with Crippen LogP contribution in [0.3, 0.4) is 0 Å². The molecule has 0 radical (unpaired) electrons. The van der Waals surface area contributed by atoms with E-state index in [0.29, 0.717) is 0 Å². The van der Waals surface area contributed by atoms with E-state index in [2.05, 4.69) is 193 Å². The van der Waals surface area contributed by atoms with Gasteiger partial charge in [0.25, 0.3) is 0 Å². The molecule has 1 heterocycles. The molecule has 0 fully saturated rings. The molecule has 1 spiro atoms. The predicted molar refractivity (Wildman–Crippen MR) is 228 cm³/mol. The molecule has 0 amide bonds. The zero-order chi connectivity index (χ0) is 36.1. The van der Waals surface area contributed by atoms with Crippen molar-refractivity contribution in [1.29, 1.82) is 0 Å². The molecule has 1 atom stereocenters. The Kier molecular flexibility index (Phi) is 6.29. The van der Waals surface area contributed by atoms with Crippen molar-refractivity contribution in [1.82, 2.24) is 0 Å². The lowest BCUT2D eigenvalue weighted by atomic mass is 9.60. The minimum absolute atomic E-state index is 0.579. The molecule has 2 heteroatoms. The summed E-state index contributed by atoms with van der Waals surface area (Å²) >= 11 is 0. The Hall–Kier alpha value is -7.16. The van der Waals surface area contributed by atoms with E-state index in [9.17, 15) is 0 Å². The Bertz CT molecular complexity index is 3160. The molecule has 2 nitrogen and oxygen atoms in total. The number of fused-ring (bicyclic) bond motifs is 12. The first kappa shape index (κ1) is 30.3. The quantitative estimate of drug-likeness (QED) is 0.182. The number of benzene rings is 9. The number of rotatable bonds is 4. The number of anilines is 3. The van der Waals surface area contributed by atoms with Gasteiger partial charge in [-0.3, -0.25) is 0 Å². The summed E-state index contributed by atoms with van der Waals surface area (Å²) in [5, 5.41) is 4.81. The van der Waals surface area contributed by atoms with Gasteiger partial charge >= 0.3 is 0 Å². The van der Waals surface area contributed by atoms with Crippen LogP contribution in [0.2, 0.25) is 0 Å². The Morgan fingerprint density at radius 2 is 0.964 bits per heavy atom. The fourth-order valence-corrected chi connectivity index (χ4v) is 9.87. The van der Waals surface area contributed by atoms with Crippen LogP contribution in [0.5, 0.6) is 0 Å². The van der Waals surface area contributed by atoms with Crippen molar-refractivity contribution in [2.24, 2.45) is 0 Å². The molecule has 1 unspecified atom stereocenters. The van der Waals surface area contributed by atoms with Gasteiger partial charge in [0.2, 0.25) is 0 Å². The normalized spacial score (nSPS) is 15.0. The van der Waals surface area contributed by atoms with Crippen molar-refractivity contribution >= 4 is 49.8 Å². The highest BCUT2D eigenvalue weighted by Crippen LogP contribution is 2.64. The van der Waals surface area contributed by atoms with Gasteiger partial charge in [0.15, 0.2) is 0 Å². The molecule has 12 rings (SSSR count). The van der Waals surface area contributed by atoms with Crippen LogP contribution in [0.4, 0.5) is 17.1 Å². The molecule has 55 heavy (non-hydrogen) atoms. The van der Waals surface area contributed by atoms with Gasteiger partial charge in [-0.1, -0.05) is 152 Å². The van der Waals surface area contributed by atoms with Crippen LogP contribution in [-0.4, -0.2) is 0 Å². The molecule has 0 saturated carbocycles. The Morgan fingerprint density at radius 3 is 1.78 bits per heavy atom. The van der Waals surface area contributed by atoms with Crippen LogP contribution in [0.25, 0.3) is 66.1 Å². The lowest BCUT2D eigenvalue weighted by Crippen LogP contribution is -2.32. The van der Waals surface area contributed by atoms with Crippen molar-refractivity contribution in [2.45, 2.75) is 5.41 Å². The Balaban J connectivity index is 1.20. The van der Waals surface area contributed by atoms with E-state index in [0.717, 1.165) is 39.0 Å². The van der Waals surface area contributed by atoms with E-state index in [1.165, 1.54) is 66.4 Å². The van der Waals surface area contributed by atoms with Crippen LogP contribution in [-0.2, 0) is 5.41 Å². The van der Waals surface area contributed by atoms with Crippen molar-refractivity contribution in [3.05, 3.63) is 222 Å². The fraction of sp³-hybridized carbons (Fsp3) is 0.0189. The second-order valence-corrected chi connectivity index (χ2v) is 14.8. The van der Waals surface area contributed by atoms with Gasteiger partial charge in [-0.25, -0.2) is 0 Å². The average molecular weight is 700 g/mol. The van der Waals surface area contributed by atoms with Gasteiger partial charge in [0, 0.05) is 27.8 Å². The van der Waals surface area contributed by atoms with Crippen LogP contribution < -0.4 is 4.90 Å². The van der Waals surface area contributed by atoms with Gasteiger partial charge in [-0.05, 0) is 115 Å². The second-order valence-electron chi connectivity index (χ2n) is 14.8. The highest BCUT2D eigenvalue weighted by molar-refractivity contribution is 6.10. The topological polar surface area (TPSA) is 16.4 Å². The summed E-state index contributed by atoms with van der Waals surface area (Å²) in [6, 6.07) is 73.5. The Morgan fingerprint density at radius 1 is 0.364 bits per heavy atom. The molecule has 0 bridgehead atoms. The van der Waals surface area contributed by atoms with Crippen molar-refractivity contribution in [3.63, 3.8) is 0 Å². The Labute approximate surface area is 319 Å². The largest absolute Gasteiger partial charge is 0.456 e. The van der Waals surface area contributed by atoms with Gasteiger partial charge < -0.3 is 9.32 Å². The van der Waals surface area contributed by atoms with Crippen LogP contribution in [0.15, 0.2) is 205 Å². The number of hydrogen-bond donors (Lipinski definition) is 0. The first-order valence-corrected chi connectivity index (χ1v) is 19.0. The minimum Gasteiger partial charge on any atom is -0.456 e. The maximum Gasteiger partial charge on any atom is 0.135 e. The first-order chi connectivity index (χ1) is 27.3. The average Bonchev–Trinajstić information content (AvgIpc) is 3.77. The van der Waals surface area contributed by atoms with Gasteiger partial charge in [0.05, 0.1) is 5.41 Å². The molecular weight excluding hydrogens is 667 g/mol. The summed E-state index contributed by atoms with van der Waals surface area (Å²) in [6.07, 6.45) is 0. The first-order valence-electron chi connectivity index (χ1n) is 19.0. The minimum atomic E-state index is -0.579. The van der Waals surface area contributed by atoms with E-state index < -0.39 is 5.41 Å².